The predicted octanol–water partition coefficient (Wildman–Crippen LogP) is 4.88. The van der Waals surface area contributed by atoms with Crippen LogP contribution in [0.1, 0.15) is 58.6 Å². The molecule has 0 radical (unpaired) electrons. The standard InChI is InChI=1S/C24H29N3O2/c1-4-19(28)7-6-15(3)20(5-2)21-8-17-14-26-22(9-18(17)13-25-21)27-23(29)24-10-16(11-24)12-24/h5-6,8-9,13-14,16,19,28H,4,7,10-12H2,1-3H3,(H,26,27,29)/b15-6-,20-5+. The molecular formula is C24H29N3O2. The largest absolute Gasteiger partial charge is 0.393 e. The minimum absolute atomic E-state index is 0.112. The molecule has 2 bridgehead atoms. The zero-order valence-electron chi connectivity index (χ0n) is 17.4. The molecule has 3 fully saturated rings. The number of hydrogen-bond donors (Lipinski definition) is 2. The van der Waals surface area contributed by atoms with Crippen LogP contribution in [0.3, 0.4) is 0 Å². The van der Waals surface area contributed by atoms with Gasteiger partial charge in [0, 0.05) is 23.2 Å². The number of pyridine rings is 2. The molecular weight excluding hydrogens is 362 g/mol. The van der Waals surface area contributed by atoms with E-state index in [0.29, 0.717) is 12.2 Å². The first-order valence-corrected chi connectivity index (χ1v) is 10.5. The summed E-state index contributed by atoms with van der Waals surface area (Å²) in [5.41, 5.74) is 2.92. The number of aliphatic hydroxyl groups is 1. The monoisotopic (exact) mass is 391 g/mol. The van der Waals surface area contributed by atoms with E-state index >= 15 is 0 Å². The molecule has 0 aromatic carbocycles. The highest BCUT2D eigenvalue weighted by molar-refractivity contribution is 5.98. The van der Waals surface area contributed by atoms with Crippen molar-refractivity contribution in [2.24, 2.45) is 11.3 Å². The van der Waals surface area contributed by atoms with Crippen LogP contribution in [0.2, 0.25) is 0 Å². The minimum atomic E-state index is -0.309. The number of aliphatic hydroxyl groups excluding tert-OH is 1. The van der Waals surface area contributed by atoms with Crippen LogP contribution in [0.4, 0.5) is 5.82 Å². The number of allylic oxidation sites excluding steroid dienone is 3. The third kappa shape index (κ3) is 3.71. The molecule has 5 rings (SSSR count). The van der Waals surface area contributed by atoms with Crippen molar-refractivity contribution in [3.8, 4) is 0 Å². The van der Waals surface area contributed by atoms with Gasteiger partial charge in [-0.3, -0.25) is 9.78 Å². The molecule has 5 nitrogen and oxygen atoms in total. The first-order chi connectivity index (χ1) is 13.9. The second-order valence-electron chi connectivity index (χ2n) is 8.59. The summed E-state index contributed by atoms with van der Waals surface area (Å²) in [5.74, 6) is 1.48. The Hall–Kier alpha value is -2.53. The fourth-order valence-corrected chi connectivity index (χ4v) is 4.43. The number of fused-ring (bicyclic) bond motifs is 1. The quantitative estimate of drug-likeness (QED) is 0.660. The molecule has 5 heteroatoms. The third-order valence-corrected chi connectivity index (χ3v) is 6.52. The average Bonchev–Trinajstić information content (AvgIpc) is 2.64. The van der Waals surface area contributed by atoms with E-state index in [2.05, 4.69) is 21.4 Å². The van der Waals surface area contributed by atoms with Gasteiger partial charge in [0.2, 0.25) is 5.91 Å². The molecule has 2 aromatic rings. The highest BCUT2D eigenvalue weighted by Crippen LogP contribution is 2.64. The van der Waals surface area contributed by atoms with Crippen molar-refractivity contribution in [2.45, 2.75) is 59.0 Å². The molecule has 2 N–H and O–H groups in total. The van der Waals surface area contributed by atoms with Crippen LogP contribution in [0.15, 0.2) is 42.3 Å². The van der Waals surface area contributed by atoms with Gasteiger partial charge in [-0.25, -0.2) is 4.98 Å². The van der Waals surface area contributed by atoms with E-state index in [4.69, 9.17) is 0 Å². The van der Waals surface area contributed by atoms with E-state index in [1.807, 2.05) is 45.2 Å². The highest BCUT2D eigenvalue weighted by atomic mass is 16.3. The molecule has 0 spiro atoms. The van der Waals surface area contributed by atoms with E-state index in [0.717, 1.165) is 59.2 Å². The zero-order chi connectivity index (χ0) is 20.6. The topological polar surface area (TPSA) is 75.1 Å². The number of nitrogens with zero attached hydrogens (tertiary/aromatic N) is 2. The van der Waals surface area contributed by atoms with E-state index in [1.165, 1.54) is 0 Å². The van der Waals surface area contributed by atoms with Crippen LogP contribution in [0.25, 0.3) is 16.3 Å². The van der Waals surface area contributed by atoms with E-state index in [9.17, 15) is 9.90 Å². The first kappa shape index (κ1) is 19.8. The van der Waals surface area contributed by atoms with Crippen LogP contribution < -0.4 is 5.32 Å². The van der Waals surface area contributed by atoms with Crippen molar-refractivity contribution in [2.75, 3.05) is 5.32 Å². The van der Waals surface area contributed by atoms with Crippen LogP contribution in [-0.2, 0) is 4.79 Å². The van der Waals surface area contributed by atoms with Gasteiger partial charge in [0.1, 0.15) is 5.82 Å². The van der Waals surface area contributed by atoms with Crippen molar-refractivity contribution >= 4 is 28.1 Å². The number of nitrogens with one attached hydrogen (secondary N) is 1. The second kappa shape index (κ2) is 7.71. The van der Waals surface area contributed by atoms with Gasteiger partial charge in [0.15, 0.2) is 0 Å². The van der Waals surface area contributed by atoms with Gasteiger partial charge < -0.3 is 10.4 Å². The Balaban J connectivity index is 1.52. The number of carbonyl (C=O) groups is 1. The Morgan fingerprint density at radius 3 is 2.59 bits per heavy atom. The lowest BCUT2D eigenvalue weighted by atomic mass is 9.44. The molecule has 1 unspecified atom stereocenters. The van der Waals surface area contributed by atoms with Gasteiger partial charge in [0.25, 0.3) is 0 Å². The maximum atomic E-state index is 12.5. The Bertz CT molecular complexity index is 991. The lowest BCUT2D eigenvalue weighted by molar-refractivity contribution is -0.158. The molecule has 152 valence electrons. The molecule has 1 atom stereocenters. The normalized spacial score (nSPS) is 24.6. The smallest absolute Gasteiger partial charge is 0.231 e. The summed E-state index contributed by atoms with van der Waals surface area (Å²) in [6.45, 7) is 6.02. The van der Waals surface area contributed by atoms with Crippen LogP contribution >= 0.6 is 0 Å². The van der Waals surface area contributed by atoms with Gasteiger partial charge in [-0.05, 0) is 75.1 Å². The van der Waals surface area contributed by atoms with E-state index in [-0.39, 0.29) is 17.4 Å². The van der Waals surface area contributed by atoms with Crippen molar-refractivity contribution in [3.05, 3.63) is 47.9 Å². The fraction of sp³-hybridized carbons (Fsp3) is 0.458. The maximum Gasteiger partial charge on any atom is 0.231 e. The zero-order valence-corrected chi connectivity index (χ0v) is 17.4. The SMILES string of the molecule is C/C=C(\C(C)=C/CC(O)CC)c1cc2cnc(NC(=O)C34CC(C3)C4)cc2cn1. The van der Waals surface area contributed by atoms with Gasteiger partial charge >= 0.3 is 0 Å². The first-order valence-electron chi connectivity index (χ1n) is 10.5. The van der Waals surface area contributed by atoms with Crippen molar-refractivity contribution in [1.82, 2.24) is 9.97 Å². The van der Waals surface area contributed by atoms with Gasteiger partial charge in [-0.2, -0.15) is 0 Å². The molecule has 3 aliphatic rings. The Labute approximate surface area is 172 Å². The summed E-state index contributed by atoms with van der Waals surface area (Å²) in [6.07, 6.45) is 11.9. The Morgan fingerprint density at radius 2 is 1.97 bits per heavy atom. The second-order valence-corrected chi connectivity index (χ2v) is 8.59. The average molecular weight is 392 g/mol. The Morgan fingerprint density at radius 1 is 1.28 bits per heavy atom. The van der Waals surface area contributed by atoms with Crippen molar-refractivity contribution in [3.63, 3.8) is 0 Å². The summed E-state index contributed by atoms with van der Waals surface area (Å²) in [7, 11) is 0. The number of aromatic nitrogens is 2. The fourth-order valence-electron chi connectivity index (χ4n) is 4.43. The number of carbonyl (C=O) groups excluding carboxylic acids is 1. The summed E-state index contributed by atoms with van der Waals surface area (Å²) < 4.78 is 0. The predicted molar refractivity (Wildman–Crippen MR) is 116 cm³/mol. The molecule has 3 saturated carbocycles. The summed E-state index contributed by atoms with van der Waals surface area (Å²) >= 11 is 0. The molecule has 1 amide bonds. The molecule has 2 heterocycles. The molecule has 2 aromatic heterocycles. The highest BCUT2D eigenvalue weighted by Gasteiger charge is 2.61. The van der Waals surface area contributed by atoms with Gasteiger partial charge in [0.05, 0.1) is 17.2 Å². The Kier molecular flexibility index (Phi) is 5.26. The molecule has 3 aliphatic carbocycles. The summed E-state index contributed by atoms with van der Waals surface area (Å²) in [6, 6.07) is 3.92. The number of hydrogen-bond acceptors (Lipinski definition) is 4. The maximum absolute atomic E-state index is 12.5. The molecule has 29 heavy (non-hydrogen) atoms. The number of rotatable bonds is 7. The van der Waals surface area contributed by atoms with E-state index < -0.39 is 0 Å². The van der Waals surface area contributed by atoms with Gasteiger partial charge in [-0.15, -0.1) is 0 Å². The van der Waals surface area contributed by atoms with E-state index in [1.54, 1.807) is 6.20 Å². The van der Waals surface area contributed by atoms with Crippen molar-refractivity contribution < 1.29 is 9.90 Å². The minimum Gasteiger partial charge on any atom is -0.393 e. The number of anilines is 1. The van der Waals surface area contributed by atoms with Crippen molar-refractivity contribution in [1.29, 1.82) is 0 Å². The molecule has 0 aliphatic heterocycles. The number of amides is 1. The third-order valence-electron chi connectivity index (χ3n) is 6.52. The molecule has 0 saturated heterocycles. The van der Waals surface area contributed by atoms with Gasteiger partial charge in [-0.1, -0.05) is 19.1 Å². The summed E-state index contributed by atoms with van der Waals surface area (Å²) in [5, 5.41) is 14.7. The van der Waals surface area contributed by atoms with Crippen LogP contribution in [-0.4, -0.2) is 27.1 Å². The van der Waals surface area contributed by atoms with Crippen LogP contribution in [0, 0.1) is 11.3 Å². The lowest BCUT2D eigenvalue weighted by Crippen LogP contribution is -2.58. The van der Waals surface area contributed by atoms with Crippen LogP contribution in [0.5, 0.6) is 0 Å². The summed E-state index contributed by atoms with van der Waals surface area (Å²) in [4.78, 5) is 21.6. The lowest BCUT2D eigenvalue weighted by Gasteiger charge is -2.59.